The van der Waals surface area contributed by atoms with E-state index in [-0.39, 0.29) is 0 Å². The van der Waals surface area contributed by atoms with Crippen molar-refractivity contribution in [3.8, 4) is 95.5 Å². The Bertz CT molecular complexity index is 3740. The Morgan fingerprint density at radius 2 is 0.652 bits per heavy atom. The number of hydrogen-bond donors (Lipinski definition) is 0. The third kappa shape index (κ3) is 7.82. The monoisotopic (exact) mass is 879 g/mol. The van der Waals surface area contributed by atoms with Gasteiger partial charge in [0, 0.05) is 33.2 Å². The minimum absolute atomic E-state index is 0.558. The zero-order chi connectivity index (χ0) is 46.1. The predicted octanol–water partition coefficient (Wildman–Crippen LogP) is 16.9. The molecule has 2 heterocycles. The van der Waals surface area contributed by atoms with Gasteiger partial charge in [0.1, 0.15) is 0 Å². The van der Waals surface area contributed by atoms with Crippen LogP contribution in [0.2, 0.25) is 0 Å². The molecule has 0 saturated heterocycles. The summed E-state index contributed by atoms with van der Waals surface area (Å²) in [6.45, 7) is 8.01. The van der Waals surface area contributed by atoms with E-state index >= 15 is 0 Å². The fourth-order valence-corrected chi connectivity index (χ4v) is 9.51. The molecule has 0 spiro atoms. The molecule has 0 bridgehead atoms. The number of rotatable bonds is 9. The Labute approximate surface area is 400 Å². The maximum absolute atomic E-state index is 8.01. The summed E-state index contributed by atoms with van der Waals surface area (Å²) >= 11 is 0. The Morgan fingerprint density at radius 3 is 1.12 bits per heavy atom. The van der Waals surface area contributed by atoms with Gasteiger partial charge in [-0.1, -0.05) is 194 Å². The first-order valence-electron chi connectivity index (χ1n) is 23.0. The number of benzene rings is 10. The van der Waals surface area contributed by atoms with Crippen LogP contribution in [0, 0.1) is 6.57 Å². The van der Waals surface area contributed by atoms with Gasteiger partial charge in [0.2, 0.25) is 0 Å². The van der Waals surface area contributed by atoms with E-state index in [1.165, 1.54) is 0 Å². The molecular formula is C64H41N5. The highest BCUT2D eigenvalue weighted by molar-refractivity contribution is 6.13. The van der Waals surface area contributed by atoms with E-state index in [0.29, 0.717) is 23.2 Å². The molecule has 322 valence electrons. The third-order valence-electron chi connectivity index (χ3n) is 12.8. The molecule has 69 heavy (non-hydrogen) atoms. The first kappa shape index (κ1) is 41.0. The van der Waals surface area contributed by atoms with Crippen LogP contribution in [0.3, 0.4) is 0 Å². The molecule has 2 aromatic heterocycles. The van der Waals surface area contributed by atoms with Gasteiger partial charge in [-0.25, -0.2) is 19.8 Å². The summed E-state index contributed by atoms with van der Waals surface area (Å²) < 4.78 is 2.38. The van der Waals surface area contributed by atoms with Gasteiger partial charge in [-0.3, -0.25) is 0 Å². The maximum Gasteiger partial charge on any atom is 0.188 e. The van der Waals surface area contributed by atoms with E-state index in [1.54, 1.807) is 0 Å². The largest absolute Gasteiger partial charge is 0.308 e. The quantitative estimate of drug-likeness (QED) is 0.136. The first-order chi connectivity index (χ1) is 34.1. The van der Waals surface area contributed by atoms with Gasteiger partial charge in [0.05, 0.1) is 23.3 Å². The molecule has 0 aliphatic heterocycles. The van der Waals surface area contributed by atoms with Gasteiger partial charge in [0.15, 0.2) is 23.2 Å². The second kappa shape index (κ2) is 17.7. The second-order valence-corrected chi connectivity index (χ2v) is 17.1. The van der Waals surface area contributed by atoms with Crippen molar-refractivity contribution in [2.24, 2.45) is 0 Å². The van der Waals surface area contributed by atoms with E-state index < -0.39 is 0 Å². The Morgan fingerprint density at radius 1 is 0.290 bits per heavy atom. The van der Waals surface area contributed by atoms with Crippen molar-refractivity contribution >= 4 is 27.5 Å². The smallest absolute Gasteiger partial charge is 0.188 e. The van der Waals surface area contributed by atoms with Crippen molar-refractivity contribution in [2.45, 2.75) is 0 Å². The van der Waals surface area contributed by atoms with Gasteiger partial charge >= 0.3 is 0 Å². The topological polar surface area (TPSA) is 48.0 Å². The van der Waals surface area contributed by atoms with Crippen LogP contribution < -0.4 is 0 Å². The van der Waals surface area contributed by atoms with Crippen molar-refractivity contribution < 1.29 is 0 Å². The van der Waals surface area contributed by atoms with Crippen LogP contribution in [0.15, 0.2) is 249 Å². The van der Waals surface area contributed by atoms with Crippen LogP contribution >= 0.6 is 0 Å². The van der Waals surface area contributed by atoms with Crippen LogP contribution in [0.1, 0.15) is 0 Å². The molecule has 0 amide bonds. The summed E-state index contributed by atoms with van der Waals surface area (Å²) in [5.41, 5.74) is 17.0. The molecule has 12 aromatic rings. The number of fused-ring (bicyclic) bond motifs is 3. The highest BCUT2D eigenvalue weighted by Crippen LogP contribution is 2.45. The summed E-state index contributed by atoms with van der Waals surface area (Å²) in [6, 6.07) is 86.6. The van der Waals surface area contributed by atoms with Gasteiger partial charge in [-0.2, -0.15) is 0 Å². The minimum Gasteiger partial charge on any atom is -0.308 e. The highest BCUT2D eigenvalue weighted by Gasteiger charge is 2.24. The second-order valence-electron chi connectivity index (χ2n) is 17.1. The molecule has 0 aliphatic rings. The van der Waals surface area contributed by atoms with Crippen molar-refractivity contribution in [2.75, 3.05) is 0 Å². The van der Waals surface area contributed by atoms with E-state index in [9.17, 15) is 0 Å². The minimum atomic E-state index is 0.558. The van der Waals surface area contributed by atoms with Crippen molar-refractivity contribution in [1.82, 2.24) is 19.5 Å². The molecule has 0 saturated carbocycles. The Kier molecular flexibility index (Phi) is 10.5. The molecule has 0 atom stereocenters. The van der Waals surface area contributed by atoms with Crippen LogP contribution in [0.5, 0.6) is 0 Å². The summed E-state index contributed by atoms with van der Waals surface area (Å²) in [5.74, 6) is 1.72. The van der Waals surface area contributed by atoms with Crippen LogP contribution in [0.4, 0.5) is 5.69 Å². The third-order valence-corrected chi connectivity index (χ3v) is 12.8. The lowest BCUT2D eigenvalue weighted by molar-refractivity contribution is 1.07. The molecule has 12 rings (SSSR count). The fraction of sp³-hybridized carbons (Fsp3) is 0. The van der Waals surface area contributed by atoms with E-state index in [4.69, 9.17) is 21.5 Å². The van der Waals surface area contributed by atoms with Crippen LogP contribution in [-0.2, 0) is 0 Å². The van der Waals surface area contributed by atoms with E-state index in [2.05, 4.69) is 210 Å². The number of nitrogens with zero attached hydrogens (tertiary/aromatic N) is 5. The molecule has 5 nitrogen and oxygen atoms in total. The van der Waals surface area contributed by atoms with Gasteiger partial charge in [-0.15, -0.1) is 0 Å². The predicted molar refractivity (Wildman–Crippen MR) is 284 cm³/mol. The highest BCUT2D eigenvalue weighted by atomic mass is 15.0. The molecule has 0 radical (unpaired) electrons. The lowest BCUT2D eigenvalue weighted by atomic mass is 9.92. The maximum atomic E-state index is 8.01. The fourth-order valence-electron chi connectivity index (χ4n) is 9.51. The van der Waals surface area contributed by atoms with Gasteiger partial charge in [0.25, 0.3) is 0 Å². The lowest BCUT2D eigenvalue weighted by Crippen LogP contribution is -2.04. The van der Waals surface area contributed by atoms with E-state index in [0.717, 1.165) is 99.8 Å². The zero-order valence-corrected chi connectivity index (χ0v) is 37.4. The summed E-state index contributed by atoms with van der Waals surface area (Å²) in [6.07, 6.45) is 0. The van der Waals surface area contributed by atoms with E-state index in [1.807, 2.05) is 48.5 Å². The zero-order valence-electron chi connectivity index (χ0n) is 37.4. The molecule has 0 unspecified atom stereocenters. The van der Waals surface area contributed by atoms with Crippen LogP contribution in [-0.4, -0.2) is 19.5 Å². The average Bonchev–Trinajstić information content (AvgIpc) is 3.76. The molecular weight excluding hydrogens is 839 g/mol. The summed E-state index contributed by atoms with van der Waals surface area (Å²) in [7, 11) is 0. The standard InChI is InChI=1S/C64H41N5/c1-65-54-33-35-60-58(42-54)57-39-49(43-20-8-2-9-21-43)32-34-59(57)69(60)61-55(46-26-14-5-15-27-46)40-53(41-56(61)47-28-16-6-17-29-47)64-67-62(48-30-18-7-19-31-48)66-63(68-64)52-37-50(44-22-10-3-11-23-44)36-51(38-52)45-24-12-4-13-25-45/h2-42H. The van der Waals surface area contributed by atoms with Crippen molar-refractivity contribution in [3.05, 3.63) is 260 Å². The summed E-state index contributed by atoms with van der Waals surface area (Å²) in [4.78, 5) is 19.9. The SMILES string of the molecule is [C-]#[N+]c1ccc2c(c1)c1cc(-c3ccccc3)ccc1n2-c1c(-c2ccccc2)cc(-c2nc(-c3ccccc3)nc(-c3cc(-c4ccccc4)cc(-c4ccccc4)c3)n2)cc1-c1ccccc1. The number of hydrogen-bond acceptors (Lipinski definition) is 3. The first-order valence-corrected chi connectivity index (χ1v) is 23.0. The number of aromatic nitrogens is 4. The lowest BCUT2D eigenvalue weighted by Gasteiger charge is -2.21. The molecule has 0 aliphatic carbocycles. The Balaban J connectivity index is 1.15. The van der Waals surface area contributed by atoms with Gasteiger partial charge in [-0.05, 0) is 104 Å². The molecule has 10 aromatic carbocycles. The normalized spacial score (nSPS) is 11.2. The molecule has 5 heteroatoms. The van der Waals surface area contributed by atoms with Crippen molar-refractivity contribution in [1.29, 1.82) is 0 Å². The van der Waals surface area contributed by atoms with Crippen molar-refractivity contribution in [3.63, 3.8) is 0 Å². The average molecular weight is 880 g/mol. The molecule has 0 fully saturated rings. The van der Waals surface area contributed by atoms with Crippen LogP contribution in [0.25, 0.3) is 122 Å². The Hall–Kier alpha value is -9.50. The van der Waals surface area contributed by atoms with Gasteiger partial charge < -0.3 is 4.57 Å². The molecule has 0 N–H and O–H groups in total. The summed E-state index contributed by atoms with van der Waals surface area (Å²) in [5, 5.41) is 2.08.